The molecule has 1 aromatic carbocycles. The second-order valence-electron chi connectivity index (χ2n) is 5.72. The smallest absolute Gasteiger partial charge is 0.273 e. The van der Waals surface area contributed by atoms with Gasteiger partial charge in [-0.25, -0.2) is 0 Å². The molecule has 0 atom stereocenters. The van der Waals surface area contributed by atoms with Crippen LogP contribution in [-0.2, 0) is 4.79 Å². The number of nitrogens with one attached hydrogen (secondary N) is 1. The van der Waals surface area contributed by atoms with Gasteiger partial charge in [-0.2, -0.15) is 0 Å². The summed E-state index contributed by atoms with van der Waals surface area (Å²) in [5, 5.41) is 13.5. The van der Waals surface area contributed by atoms with Crippen molar-refractivity contribution in [3.05, 3.63) is 28.3 Å². The lowest BCUT2D eigenvalue weighted by Crippen LogP contribution is -2.46. The fourth-order valence-corrected chi connectivity index (χ4v) is 2.70. The molecule has 1 aliphatic rings. The maximum absolute atomic E-state index is 12.1. The fraction of sp³-hybridized carbons (Fsp3) is 0.562. The quantitative estimate of drug-likeness (QED) is 0.601. The molecule has 1 N–H and O–H groups in total. The Hall–Kier alpha value is -2.19. The van der Waals surface area contributed by atoms with Crippen molar-refractivity contribution in [2.45, 2.75) is 13.3 Å². The average molecular weight is 336 g/mol. The molecule has 1 heterocycles. The summed E-state index contributed by atoms with van der Waals surface area (Å²) in [7, 11) is 1.42. The van der Waals surface area contributed by atoms with E-state index in [1.807, 2.05) is 0 Å². The van der Waals surface area contributed by atoms with Crippen molar-refractivity contribution in [1.82, 2.24) is 9.80 Å². The van der Waals surface area contributed by atoms with Gasteiger partial charge in [-0.1, -0.05) is 6.92 Å². The van der Waals surface area contributed by atoms with Gasteiger partial charge in [-0.05, 0) is 12.6 Å². The molecule has 1 aromatic rings. The van der Waals surface area contributed by atoms with Crippen molar-refractivity contribution in [1.29, 1.82) is 0 Å². The number of nitro groups is 1. The lowest BCUT2D eigenvalue weighted by Gasteiger charge is -2.33. The number of benzene rings is 1. The van der Waals surface area contributed by atoms with Gasteiger partial charge in [-0.3, -0.25) is 14.9 Å². The number of nitro benzene ring substituents is 1. The first-order valence-electron chi connectivity index (χ1n) is 8.10. The van der Waals surface area contributed by atoms with E-state index in [-0.39, 0.29) is 17.3 Å². The van der Waals surface area contributed by atoms with Crippen LogP contribution in [0.25, 0.3) is 0 Å². The maximum Gasteiger partial charge on any atom is 0.273 e. The Morgan fingerprint density at radius 2 is 1.96 bits per heavy atom. The van der Waals surface area contributed by atoms with Gasteiger partial charge in [0.2, 0.25) is 5.91 Å². The lowest BCUT2D eigenvalue weighted by atomic mass is 10.2. The molecule has 1 saturated heterocycles. The number of ether oxygens (including phenoxy) is 1. The van der Waals surface area contributed by atoms with Gasteiger partial charge < -0.3 is 19.9 Å². The van der Waals surface area contributed by atoms with Gasteiger partial charge in [-0.15, -0.1) is 0 Å². The van der Waals surface area contributed by atoms with E-state index in [2.05, 4.69) is 22.0 Å². The first-order chi connectivity index (χ1) is 11.5. The molecular weight excluding hydrogens is 312 g/mol. The van der Waals surface area contributed by atoms with Gasteiger partial charge in [0.15, 0.2) is 0 Å². The van der Waals surface area contributed by atoms with E-state index in [1.54, 1.807) is 0 Å². The van der Waals surface area contributed by atoms with Gasteiger partial charge in [0.05, 0.1) is 23.8 Å². The van der Waals surface area contributed by atoms with Crippen LogP contribution in [0.3, 0.4) is 0 Å². The predicted octanol–water partition coefficient (Wildman–Crippen LogP) is 1.57. The molecule has 0 bridgehead atoms. The molecular formula is C16H24N4O4. The Bertz CT molecular complexity index is 585. The number of anilines is 1. The topological polar surface area (TPSA) is 88.0 Å². The van der Waals surface area contributed by atoms with E-state index in [1.165, 1.54) is 25.3 Å². The summed E-state index contributed by atoms with van der Waals surface area (Å²) in [6.07, 6.45) is 0.381. The molecule has 24 heavy (non-hydrogen) atoms. The first-order valence-corrected chi connectivity index (χ1v) is 8.10. The third-order valence-electron chi connectivity index (χ3n) is 4.24. The number of rotatable bonds is 7. The first kappa shape index (κ1) is 18.2. The van der Waals surface area contributed by atoms with Crippen LogP contribution in [0.15, 0.2) is 18.2 Å². The zero-order valence-electron chi connectivity index (χ0n) is 14.2. The fourth-order valence-electron chi connectivity index (χ4n) is 2.70. The Labute approximate surface area is 141 Å². The molecule has 0 unspecified atom stereocenters. The summed E-state index contributed by atoms with van der Waals surface area (Å²) in [5.41, 5.74) is 0.377. The lowest BCUT2D eigenvalue weighted by molar-refractivity contribution is -0.384. The Kier molecular flexibility index (Phi) is 6.51. The number of carbonyl (C=O) groups excluding carboxylic acids is 1. The van der Waals surface area contributed by atoms with Crippen molar-refractivity contribution in [2.75, 3.05) is 51.7 Å². The van der Waals surface area contributed by atoms with Crippen molar-refractivity contribution >= 4 is 17.3 Å². The number of carbonyl (C=O) groups is 1. The third-order valence-corrected chi connectivity index (χ3v) is 4.24. The van der Waals surface area contributed by atoms with Crippen LogP contribution in [0.2, 0.25) is 0 Å². The van der Waals surface area contributed by atoms with Crippen molar-refractivity contribution in [3.8, 4) is 5.75 Å². The van der Waals surface area contributed by atoms with Crippen LogP contribution in [0, 0.1) is 10.1 Å². The van der Waals surface area contributed by atoms with E-state index in [4.69, 9.17) is 4.74 Å². The number of amides is 1. The van der Waals surface area contributed by atoms with E-state index in [0.717, 1.165) is 32.7 Å². The molecule has 0 aromatic heterocycles. The Morgan fingerprint density at radius 3 is 2.54 bits per heavy atom. The van der Waals surface area contributed by atoms with Crippen LogP contribution in [0.1, 0.15) is 13.3 Å². The Morgan fingerprint density at radius 1 is 1.29 bits per heavy atom. The molecule has 0 aliphatic carbocycles. The average Bonchev–Trinajstić information content (AvgIpc) is 2.60. The summed E-state index contributed by atoms with van der Waals surface area (Å²) < 4.78 is 5.12. The monoisotopic (exact) mass is 336 g/mol. The highest BCUT2D eigenvalue weighted by molar-refractivity contribution is 5.92. The molecule has 1 amide bonds. The molecule has 0 saturated carbocycles. The largest absolute Gasteiger partial charge is 0.494 e. The second-order valence-corrected chi connectivity index (χ2v) is 5.72. The summed E-state index contributed by atoms with van der Waals surface area (Å²) in [4.78, 5) is 27.1. The summed E-state index contributed by atoms with van der Waals surface area (Å²) in [6.45, 7) is 7.94. The number of piperazine rings is 1. The predicted molar refractivity (Wildman–Crippen MR) is 91.4 cm³/mol. The van der Waals surface area contributed by atoms with Crippen LogP contribution in [0.4, 0.5) is 11.4 Å². The van der Waals surface area contributed by atoms with Gasteiger partial charge in [0.25, 0.3) is 5.69 Å². The number of hydrogen-bond acceptors (Lipinski definition) is 6. The van der Waals surface area contributed by atoms with E-state index in [9.17, 15) is 14.9 Å². The number of methoxy groups -OCH3 is 1. The zero-order valence-corrected chi connectivity index (χ0v) is 14.2. The van der Waals surface area contributed by atoms with E-state index < -0.39 is 4.92 Å². The van der Waals surface area contributed by atoms with Crippen LogP contribution in [0.5, 0.6) is 5.75 Å². The van der Waals surface area contributed by atoms with Gasteiger partial charge in [0.1, 0.15) is 5.75 Å². The van der Waals surface area contributed by atoms with Crippen molar-refractivity contribution in [2.24, 2.45) is 0 Å². The molecule has 2 rings (SSSR count). The van der Waals surface area contributed by atoms with Crippen LogP contribution in [-0.4, -0.2) is 67.0 Å². The number of likely N-dealkylation sites (N-methyl/N-ethyl adjacent to an activating group) is 1. The standard InChI is InChI=1S/C16H24N4O4/c1-3-18-8-10-19(11-9-18)7-6-16(21)17-14-5-4-13(20(22)23)12-15(14)24-2/h4-5,12H,3,6-11H2,1-2H3,(H,17,21). The van der Waals surface area contributed by atoms with Crippen LogP contribution < -0.4 is 10.1 Å². The van der Waals surface area contributed by atoms with Crippen molar-refractivity contribution < 1.29 is 14.5 Å². The molecule has 8 nitrogen and oxygen atoms in total. The normalized spacial score (nSPS) is 15.9. The SMILES string of the molecule is CCN1CCN(CCC(=O)Nc2ccc([N+](=O)[O-])cc2OC)CC1. The highest BCUT2D eigenvalue weighted by Crippen LogP contribution is 2.29. The molecule has 1 fully saturated rings. The Balaban J connectivity index is 1.85. The van der Waals surface area contributed by atoms with Gasteiger partial charge in [0, 0.05) is 45.2 Å². The molecule has 0 spiro atoms. The zero-order chi connectivity index (χ0) is 17.5. The molecule has 1 aliphatic heterocycles. The second kappa shape index (κ2) is 8.60. The van der Waals surface area contributed by atoms with Crippen molar-refractivity contribution in [3.63, 3.8) is 0 Å². The highest BCUT2D eigenvalue weighted by Gasteiger charge is 2.17. The van der Waals surface area contributed by atoms with E-state index in [0.29, 0.717) is 18.7 Å². The number of nitrogens with zero attached hydrogens (tertiary/aromatic N) is 3. The summed E-state index contributed by atoms with van der Waals surface area (Å²) in [6, 6.07) is 4.15. The summed E-state index contributed by atoms with van der Waals surface area (Å²) in [5.74, 6) is 0.161. The highest BCUT2D eigenvalue weighted by atomic mass is 16.6. The molecule has 8 heteroatoms. The number of non-ortho nitro benzene ring substituents is 1. The minimum atomic E-state index is -0.496. The number of hydrogen-bond donors (Lipinski definition) is 1. The van der Waals surface area contributed by atoms with Gasteiger partial charge >= 0.3 is 0 Å². The molecule has 0 radical (unpaired) electrons. The van der Waals surface area contributed by atoms with E-state index >= 15 is 0 Å². The minimum absolute atomic E-state index is 0.0707. The molecule has 132 valence electrons. The summed E-state index contributed by atoms with van der Waals surface area (Å²) >= 11 is 0. The third kappa shape index (κ3) is 4.90. The minimum Gasteiger partial charge on any atom is -0.494 e. The maximum atomic E-state index is 12.1. The van der Waals surface area contributed by atoms with Crippen LogP contribution >= 0.6 is 0 Å².